The average molecular weight is 273 g/mol. The number of carbonyl (C=O) groups excluding carboxylic acids is 1. The molecular weight excluding hydrogens is 254 g/mol. The van der Waals surface area contributed by atoms with Gasteiger partial charge >= 0.3 is 0 Å². The second-order valence-corrected chi connectivity index (χ2v) is 6.18. The van der Waals surface area contributed by atoms with Gasteiger partial charge < -0.3 is 9.47 Å². The third-order valence-corrected chi connectivity index (χ3v) is 5.08. The summed E-state index contributed by atoms with van der Waals surface area (Å²) in [5.74, 6) is 2.16. The van der Waals surface area contributed by atoms with E-state index < -0.39 is 0 Å². The zero-order valence-corrected chi connectivity index (χ0v) is 11.7. The van der Waals surface area contributed by atoms with Crippen molar-refractivity contribution in [3.05, 3.63) is 23.8 Å². The number of methoxy groups -OCH3 is 1. The van der Waals surface area contributed by atoms with E-state index in [9.17, 15) is 4.79 Å². The van der Waals surface area contributed by atoms with Crippen LogP contribution in [-0.4, -0.2) is 43.0 Å². The van der Waals surface area contributed by atoms with Crippen LogP contribution in [0.5, 0.6) is 11.5 Å². The van der Waals surface area contributed by atoms with Crippen LogP contribution in [-0.2, 0) is 0 Å². The Balaban J connectivity index is 1.72. The molecule has 1 spiro atoms. The Bertz CT molecular complexity index is 563. The second-order valence-electron chi connectivity index (χ2n) is 6.18. The molecule has 0 amide bonds. The smallest absolute Gasteiger partial charge is 0.170 e. The molecule has 1 aromatic carbocycles. The molecule has 1 aromatic rings. The Morgan fingerprint density at radius 3 is 2.80 bits per heavy atom. The molecule has 4 aliphatic rings. The topological polar surface area (TPSA) is 38.8 Å². The van der Waals surface area contributed by atoms with Gasteiger partial charge in [0.1, 0.15) is 17.1 Å². The van der Waals surface area contributed by atoms with Crippen LogP contribution in [0.3, 0.4) is 0 Å². The summed E-state index contributed by atoms with van der Waals surface area (Å²) in [4.78, 5) is 15.0. The van der Waals surface area contributed by atoms with E-state index in [2.05, 4.69) is 4.90 Å². The number of nitrogens with zero attached hydrogens (tertiary/aromatic N) is 1. The van der Waals surface area contributed by atoms with Gasteiger partial charge in [0.15, 0.2) is 5.78 Å². The molecule has 3 saturated heterocycles. The molecule has 0 aromatic heterocycles. The molecule has 4 nitrogen and oxygen atoms in total. The third-order valence-electron chi connectivity index (χ3n) is 5.08. The summed E-state index contributed by atoms with van der Waals surface area (Å²) in [7, 11) is 1.62. The van der Waals surface area contributed by atoms with Crippen molar-refractivity contribution in [2.24, 2.45) is 5.92 Å². The molecule has 2 bridgehead atoms. The number of rotatable bonds is 1. The number of fused-ring (bicyclic) bond motifs is 3. The first-order valence-electron chi connectivity index (χ1n) is 7.33. The Kier molecular flexibility index (Phi) is 2.58. The normalized spacial score (nSPS) is 34.8. The van der Waals surface area contributed by atoms with Crippen molar-refractivity contribution in [3.63, 3.8) is 0 Å². The highest BCUT2D eigenvalue weighted by molar-refractivity contribution is 6.00. The van der Waals surface area contributed by atoms with Crippen LogP contribution in [0.2, 0.25) is 0 Å². The first kappa shape index (κ1) is 12.2. The van der Waals surface area contributed by atoms with Gasteiger partial charge in [0.05, 0.1) is 19.1 Å². The molecule has 4 heteroatoms. The molecule has 0 unspecified atom stereocenters. The van der Waals surface area contributed by atoms with Gasteiger partial charge in [-0.3, -0.25) is 9.69 Å². The summed E-state index contributed by atoms with van der Waals surface area (Å²) in [6.07, 6.45) is 2.81. The van der Waals surface area contributed by atoms with Crippen LogP contribution in [0.1, 0.15) is 29.6 Å². The Labute approximate surface area is 118 Å². The zero-order valence-electron chi connectivity index (χ0n) is 11.7. The monoisotopic (exact) mass is 273 g/mol. The standard InChI is InChI=1S/C16H19NO3/c1-19-12-2-3-15-13(8-12)14(18)9-16(20-15)10-17-6-4-11(16)5-7-17/h2-3,8,11H,4-7,9-10H2,1H3/t16-/m1/s1. The quantitative estimate of drug-likeness (QED) is 0.785. The van der Waals surface area contributed by atoms with E-state index in [1.807, 2.05) is 12.1 Å². The van der Waals surface area contributed by atoms with Crippen molar-refractivity contribution in [2.45, 2.75) is 24.9 Å². The van der Waals surface area contributed by atoms with Gasteiger partial charge in [-0.25, -0.2) is 0 Å². The van der Waals surface area contributed by atoms with Crippen LogP contribution < -0.4 is 9.47 Å². The van der Waals surface area contributed by atoms with E-state index in [1.165, 1.54) is 0 Å². The fourth-order valence-electron chi connectivity index (χ4n) is 4.01. The van der Waals surface area contributed by atoms with Crippen LogP contribution >= 0.6 is 0 Å². The van der Waals surface area contributed by atoms with Crippen molar-refractivity contribution < 1.29 is 14.3 Å². The minimum atomic E-state index is -0.283. The number of Topliss-reactive ketones (excluding diaryl/α,β-unsaturated/α-hetero) is 1. The first-order chi connectivity index (χ1) is 9.70. The maximum absolute atomic E-state index is 12.5. The van der Waals surface area contributed by atoms with E-state index in [1.54, 1.807) is 13.2 Å². The number of hydrogen-bond donors (Lipinski definition) is 0. The summed E-state index contributed by atoms with van der Waals surface area (Å²) >= 11 is 0. The van der Waals surface area contributed by atoms with E-state index in [0.717, 1.165) is 38.2 Å². The van der Waals surface area contributed by atoms with Crippen LogP contribution in [0, 0.1) is 5.92 Å². The van der Waals surface area contributed by atoms with Crippen molar-refractivity contribution in [2.75, 3.05) is 26.7 Å². The molecule has 0 N–H and O–H groups in total. The lowest BCUT2D eigenvalue weighted by Crippen LogP contribution is -2.63. The molecule has 5 rings (SSSR count). The maximum atomic E-state index is 12.5. The largest absolute Gasteiger partial charge is 0.497 e. The summed E-state index contributed by atoms with van der Waals surface area (Å²) in [6.45, 7) is 3.20. The fourth-order valence-corrected chi connectivity index (χ4v) is 4.01. The molecule has 106 valence electrons. The van der Waals surface area contributed by atoms with E-state index >= 15 is 0 Å². The maximum Gasteiger partial charge on any atom is 0.170 e. The molecule has 0 saturated carbocycles. The third kappa shape index (κ3) is 1.67. The SMILES string of the molecule is COc1ccc2c(c1)C(=O)C[C@]1(CN3CCC1CC3)O2. The van der Waals surface area contributed by atoms with Gasteiger partial charge in [0.2, 0.25) is 0 Å². The highest BCUT2D eigenvalue weighted by atomic mass is 16.5. The summed E-state index contributed by atoms with van der Waals surface area (Å²) in [6, 6.07) is 5.54. The molecule has 0 aliphatic carbocycles. The van der Waals surface area contributed by atoms with Gasteiger partial charge in [-0.2, -0.15) is 0 Å². The lowest BCUT2D eigenvalue weighted by Gasteiger charge is -2.54. The lowest BCUT2D eigenvalue weighted by molar-refractivity contribution is -0.0959. The molecule has 4 heterocycles. The number of ketones is 1. The summed E-state index contributed by atoms with van der Waals surface area (Å²) < 4.78 is 11.5. The molecule has 1 atom stereocenters. The Morgan fingerprint density at radius 1 is 1.35 bits per heavy atom. The predicted octanol–water partition coefficient (Wildman–Crippen LogP) is 2.12. The van der Waals surface area contributed by atoms with E-state index in [0.29, 0.717) is 23.7 Å². The average Bonchev–Trinajstić information content (AvgIpc) is 2.48. The number of ether oxygens (including phenoxy) is 2. The minimum absolute atomic E-state index is 0.193. The Morgan fingerprint density at radius 2 is 2.15 bits per heavy atom. The van der Waals surface area contributed by atoms with Crippen molar-refractivity contribution >= 4 is 5.78 Å². The van der Waals surface area contributed by atoms with Crippen LogP contribution in [0.25, 0.3) is 0 Å². The van der Waals surface area contributed by atoms with Crippen molar-refractivity contribution in [1.29, 1.82) is 0 Å². The number of benzene rings is 1. The molecule has 3 fully saturated rings. The molecule has 4 aliphatic heterocycles. The van der Waals surface area contributed by atoms with Gasteiger partial charge in [-0.05, 0) is 44.1 Å². The summed E-state index contributed by atoms with van der Waals surface area (Å²) in [5, 5.41) is 0. The van der Waals surface area contributed by atoms with Crippen LogP contribution in [0.15, 0.2) is 18.2 Å². The van der Waals surface area contributed by atoms with E-state index in [-0.39, 0.29) is 11.4 Å². The predicted molar refractivity (Wildman–Crippen MR) is 74.5 cm³/mol. The fraction of sp³-hybridized carbons (Fsp3) is 0.562. The van der Waals surface area contributed by atoms with Crippen molar-refractivity contribution in [3.8, 4) is 11.5 Å². The van der Waals surface area contributed by atoms with Gasteiger partial charge in [-0.1, -0.05) is 0 Å². The van der Waals surface area contributed by atoms with Crippen molar-refractivity contribution in [1.82, 2.24) is 4.90 Å². The minimum Gasteiger partial charge on any atom is -0.497 e. The molecular formula is C16H19NO3. The Hall–Kier alpha value is -1.55. The molecule has 20 heavy (non-hydrogen) atoms. The van der Waals surface area contributed by atoms with Gasteiger partial charge in [0, 0.05) is 12.5 Å². The van der Waals surface area contributed by atoms with Gasteiger partial charge in [0.25, 0.3) is 0 Å². The second kappa shape index (κ2) is 4.22. The van der Waals surface area contributed by atoms with E-state index in [4.69, 9.17) is 9.47 Å². The zero-order chi connectivity index (χ0) is 13.7. The number of piperidine rings is 3. The molecule has 0 radical (unpaired) electrons. The highest BCUT2D eigenvalue weighted by Crippen LogP contribution is 2.45. The summed E-state index contributed by atoms with van der Waals surface area (Å²) in [5.41, 5.74) is 0.390. The lowest BCUT2D eigenvalue weighted by atomic mass is 9.71. The first-order valence-corrected chi connectivity index (χ1v) is 7.33. The van der Waals surface area contributed by atoms with Gasteiger partial charge in [-0.15, -0.1) is 0 Å². The number of hydrogen-bond acceptors (Lipinski definition) is 4. The number of carbonyl (C=O) groups is 1. The highest BCUT2D eigenvalue weighted by Gasteiger charge is 2.52. The van der Waals surface area contributed by atoms with Crippen LogP contribution in [0.4, 0.5) is 0 Å².